The summed E-state index contributed by atoms with van der Waals surface area (Å²) >= 11 is 12.0. The zero-order chi connectivity index (χ0) is 21.1. The van der Waals surface area contributed by atoms with Crippen molar-refractivity contribution in [3.05, 3.63) is 46.3 Å². The zero-order valence-corrected chi connectivity index (χ0v) is 18.4. The van der Waals surface area contributed by atoms with E-state index in [9.17, 15) is 4.79 Å². The van der Waals surface area contributed by atoms with Crippen LogP contribution in [0.2, 0.25) is 10.0 Å². The van der Waals surface area contributed by atoms with Gasteiger partial charge in [-0.2, -0.15) is 5.10 Å². The molecule has 2 aromatic heterocycles. The summed E-state index contributed by atoms with van der Waals surface area (Å²) < 4.78 is 1.83. The van der Waals surface area contributed by atoms with Crippen LogP contribution >= 0.6 is 23.2 Å². The Morgan fingerprint density at radius 1 is 1.17 bits per heavy atom. The van der Waals surface area contributed by atoms with Gasteiger partial charge in [0.25, 0.3) is 5.91 Å². The van der Waals surface area contributed by atoms with Gasteiger partial charge in [-0.3, -0.25) is 9.69 Å². The van der Waals surface area contributed by atoms with Gasteiger partial charge in [-0.15, -0.1) is 0 Å². The second-order valence-corrected chi connectivity index (χ2v) is 8.17. The summed E-state index contributed by atoms with van der Waals surface area (Å²) in [5.74, 6) is 0.0204. The molecule has 0 unspecified atom stereocenters. The normalized spacial score (nSPS) is 11.8. The van der Waals surface area contributed by atoms with Gasteiger partial charge in [-0.25, -0.2) is 14.6 Å². The monoisotopic (exact) mass is 434 g/mol. The summed E-state index contributed by atoms with van der Waals surface area (Å²) in [7, 11) is 0. The van der Waals surface area contributed by atoms with E-state index < -0.39 is 0 Å². The topological polar surface area (TPSA) is 75.9 Å². The first-order valence-corrected chi connectivity index (χ1v) is 10.2. The molecule has 0 aliphatic carbocycles. The summed E-state index contributed by atoms with van der Waals surface area (Å²) in [5, 5.41) is 8.66. The van der Waals surface area contributed by atoms with Gasteiger partial charge in [-0.1, -0.05) is 23.2 Å². The van der Waals surface area contributed by atoms with E-state index in [2.05, 4.69) is 53.0 Å². The molecular weight excluding hydrogens is 411 g/mol. The minimum Gasteiger partial charge on any atom is -0.306 e. The maximum Gasteiger partial charge on any atom is 0.258 e. The molecule has 0 fully saturated rings. The van der Waals surface area contributed by atoms with Gasteiger partial charge in [0, 0.05) is 23.7 Å². The van der Waals surface area contributed by atoms with Crippen LogP contribution in [-0.2, 0) is 6.54 Å². The molecule has 3 aromatic rings. The summed E-state index contributed by atoms with van der Waals surface area (Å²) in [4.78, 5) is 23.6. The molecule has 0 aliphatic heterocycles. The average molecular weight is 435 g/mol. The molecule has 0 atom stereocenters. The van der Waals surface area contributed by atoms with Crippen LogP contribution in [0.25, 0.3) is 11.0 Å². The number of nitrogens with zero attached hydrogens (tertiary/aromatic N) is 5. The van der Waals surface area contributed by atoms with Crippen molar-refractivity contribution in [1.82, 2.24) is 24.6 Å². The molecule has 0 bridgehead atoms. The molecule has 0 saturated heterocycles. The number of carbonyl (C=O) groups is 1. The van der Waals surface area contributed by atoms with E-state index in [1.165, 1.54) is 12.4 Å². The third-order valence-corrected chi connectivity index (χ3v) is 5.29. The van der Waals surface area contributed by atoms with Crippen molar-refractivity contribution in [2.45, 2.75) is 46.3 Å². The number of fused-ring (bicyclic) bond motifs is 1. The van der Waals surface area contributed by atoms with Gasteiger partial charge in [-0.05, 0) is 45.9 Å². The fourth-order valence-corrected chi connectivity index (χ4v) is 3.82. The second-order valence-electron chi connectivity index (χ2n) is 7.33. The largest absolute Gasteiger partial charge is 0.306 e. The van der Waals surface area contributed by atoms with E-state index in [-0.39, 0.29) is 10.9 Å². The number of carbonyl (C=O) groups excluding carboxylic acids is 1. The molecular formula is C20H24Cl2N6O. The molecule has 1 N–H and O–H groups in total. The van der Waals surface area contributed by atoms with Gasteiger partial charge in [0.05, 0.1) is 28.7 Å². The van der Waals surface area contributed by atoms with Crippen molar-refractivity contribution in [2.75, 3.05) is 11.9 Å². The van der Waals surface area contributed by atoms with E-state index in [1.807, 2.05) is 4.68 Å². The maximum absolute atomic E-state index is 12.6. The first-order valence-electron chi connectivity index (χ1n) is 9.46. The molecule has 29 heavy (non-hydrogen) atoms. The van der Waals surface area contributed by atoms with E-state index >= 15 is 0 Å². The van der Waals surface area contributed by atoms with Crippen LogP contribution in [0.1, 0.15) is 38.1 Å². The highest BCUT2D eigenvalue weighted by molar-refractivity contribution is 6.37. The molecule has 0 saturated carbocycles. The Bertz CT molecular complexity index is 1010. The number of nitrogens with one attached hydrogen (secondary N) is 1. The van der Waals surface area contributed by atoms with Crippen molar-refractivity contribution < 1.29 is 4.79 Å². The highest BCUT2D eigenvalue weighted by Gasteiger charge is 2.17. The number of hydrogen-bond donors (Lipinski definition) is 1. The highest BCUT2D eigenvalue weighted by atomic mass is 35.5. The highest BCUT2D eigenvalue weighted by Crippen LogP contribution is 2.24. The van der Waals surface area contributed by atoms with Crippen LogP contribution in [0, 0.1) is 0 Å². The fraction of sp³-hybridized carbons (Fsp3) is 0.400. The zero-order valence-electron chi connectivity index (χ0n) is 16.9. The molecule has 1 aromatic carbocycles. The predicted molar refractivity (Wildman–Crippen MR) is 117 cm³/mol. The number of amides is 1. The van der Waals surface area contributed by atoms with Crippen molar-refractivity contribution in [3.8, 4) is 0 Å². The molecule has 0 aliphatic rings. The lowest BCUT2D eigenvalue weighted by molar-refractivity contribution is 0.102. The van der Waals surface area contributed by atoms with Gasteiger partial charge in [0.1, 0.15) is 12.1 Å². The van der Waals surface area contributed by atoms with Gasteiger partial charge in [0.2, 0.25) is 0 Å². The van der Waals surface area contributed by atoms with Gasteiger partial charge in [0.15, 0.2) is 5.65 Å². The SMILES string of the molecule is CC(C)N(CCn1ncc2c(NC(=O)c3ccc(Cl)cc3Cl)ncnc21)C(C)C. The predicted octanol–water partition coefficient (Wildman–Crippen LogP) is 4.50. The van der Waals surface area contributed by atoms with Crippen molar-refractivity contribution in [3.63, 3.8) is 0 Å². The Labute approximate surface area is 180 Å². The standard InChI is InChI=1S/C20H24Cl2N6O/c1-12(2)27(13(3)4)7-8-28-19-16(10-25-28)18(23-11-24-19)26-20(29)15-6-5-14(21)9-17(15)22/h5-6,9-13H,7-8H2,1-4H3,(H,23,24,26,29). The van der Waals surface area contributed by atoms with E-state index in [0.717, 1.165) is 6.54 Å². The Morgan fingerprint density at radius 3 is 2.55 bits per heavy atom. The number of anilines is 1. The van der Waals surface area contributed by atoms with Crippen LogP contribution in [0.15, 0.2) is 30.7 Å². The maximum atomic E-state index is 12.6. The Balaban J connectivity index is 1.81. The number of benzene rings is 1. The van der Waals surface area contributed by atoms with Crippen LogP contribution in [-0.4, -0.2) is 49.2 Å². The van der Waals surface area contributed by atoms with Crippen molar-refractivity contribution in [2.24, 2.45) is 0 Å². The molecule has 7 nitrogen and oxygen atoms in total. The molecule has 3 rings (SSSR count). The van der Waals surface area contributed by atoms with Crippen LogP contribution in [0.5, 0.6) is 0 Å². The van der Waals surface area contributed by atoms with Gasteiger partial charge < -0.3 is 5.32 Å². The fourth-order valence-electron chi connectivity index (χ4n) is 3.33. The summed E-state index contributed by atoms with van der Waals surface area (Å²) in [5.41, 5.74) is 0.990. The number of aromatic nitrogens is 4. The average Bonchev–Trinajstić information content (AvgIpc) is 3.05. The second kappa shape index (κ2) is 9.07. The quantitative estimate of drug-likeness (QED) is 0.591. The Hall–Kier alpha value is -2.22. The molecule has 2 heterocycles. The van der Waals surface area contributed by atoms with Crippen LogP contribution in [0.4, 0.5) is 5.82 Å². The lowest BCUT2D eigenvalue weighted by Crippen LogP contribution is -2.39. The molecule has 9 heteroatoms. The lowest BCUT2D eigenvalue weighted by Gasteiger charge is -2.30. The number of rotatable bonds is 7. The third kappa shape index (κ3) is 4.86. The first-order chi connectivity index (χ1) is 13.8. The summed E-state index contributed by atoms with van der Waals surface area (Å²) in [6.45, 7) is 10.3. The van der Waals surface area contributed by atoms with Crippen LogP contribution < -0.4 is 5.32 Å². The third-order valence-electron chi connectivity index (χ3n) is 4.74. The summed E-state index contributed by atoms with van der Waals surface area (Å²) in [6, 6.07) is 5.59. The summed E-state index contributed by atoms with van der Waals surface area (Å²) in [6.07, 6.45) is 3.09. The van der Waals surface area contributed by atoms with Crippen molar-refractivity contribution >= 4 is 46.0 Å². The molecule has 0 spiro atoms. The van der Waals surface area contributed by atoms with Crippen molar-refractivity contribution in [1.29, 1.82) is 0 Å². The van der Waals surface area contributed by atoms with E-state index in [0.29, 0.717) is 46.1 Å². The minimum atomic E-state index is -0.370. The number of hydrogen-bond acceptors (Lipinski definition) is 5. The lowest BCUT2D eigenvalue weighted by atomic mass is 10.2. The van der Waals surface area contributed by atoms with E-state index in [4.69, 9.17) is 23.2 Å². The number of halogens is 2. The molecule has 0 radical (unpaired) electrons. The molecule has 1 amide bonds. The molecule has 154 valence electrons. The minimum absolute atomic E-state index is 0.276. The first kappa shape index (κ1) is 21.5. The Kier molecular flexibility index (Phi) is 6.72. The van der Waals surface area contributed by atoms with Crippen LogP contribution in [0.3, 0.4) is 0 Å². The Morgan fingerprint density at radius 2 is 1.90 bits per heavy atom. The van der Waals surface area contributed by atoms with E-state index in [1.54, 1.807) is 18.3 Å². The van der Waals surface area contributed by atoms with Gasteiger partial charge >= 0.3 is 0 Å². The smallest absolute Gasteiger partial charge is 0.258 e.